The van der Waals surface area contributed by atoms with Gasteiger partial charge in [0, 0.05) is 12.6 Å². The first kappa shape index (κ1) is 14.2. The molecule has 96 valence electrons. The lowest BCUT2D eigenvalue weighted by molar-refractivity contribution is 0.365. The molecule has 1 N–H and O–H groups in total. The topological polar surface area (TPSA) is 15.3 Å². The van der Waals surface area contributed by atoms with Crippen molar-refractivity contribution in [1.82, 2.24) is 10.2 Å². The third-order valence-electron chi connectivity index (χ3n) is 3.15. The molecule has 0 radical (unpaired) electrons. The van der Waals surface area contributed by atoms with Crippen LogP contribution >= 0.6 is 0 Å². The second-order valence-corrected chi connectivity index (χ2v) is 5.00. The number of rotatable bonds is 7. The van der Waals surface area contributed by atoms with Gasteiger partial charge >= 0.3 is 0 Å². The molecular formula is C15H26N2. The van der Waals surface area contributed by atoms with Crippen LogP contribution in [-0.4, -0.2) is 31.6 Å². The molecule has 0 bridgehead atoms. The van der Waals surface area contributed by atoms with Gasteiger partial charge in [-0.25, -0.2) is 0 Å². The molecule has 1 unspecified atom stereocenters. The zero-order valence-corrected chi connectivity index (χ0v) is 11.7. The molecule has 2 heteroatoms. The molecule has 0 aliphatic carbocycles. The van der Waals surface area contributed by atoms with Crippen molar-refractivity contribution < 1.29 is 0 Å². The summed E-state index contributed by atoms with van der Waals surface area (Å²) in [6.07, 6.45) is 2.31. The van der Waals surface area contributed by atoms with Gasteiger partial charge in [-0.05, 0) is 51.5 Å². The van der Waals surface area contributed by atoms with Gasteiger partial charge in [0.15, 0.2) is 0 Å². The predicted molar refractivity (Wildman–Crippen MR) is 75.3 cm³/mol. The number of nitrogens with zero attached hydrogens (tertiary/aromatic N) is 1. The fourth-order valence-electron chi connectivity index (χ4n) is 1.91. The molecule has 1 aromatic carbocycles. The van der Waals surface area contributed by atoms with Crippen LogP contribution in [0.3, 0.4) is 0 Å². The summed E-state index contributed by atoms with van der Waals surface area (Å²) in [4.78, 5) is 2.23. The van der Waals surface area contributed by atoms with E-state index in [1.165, 1.54) is 17.5 Å². The van der Waals surface area contributed by atoms with Crippen LogP contribution in [0.5, 0.6) is 0 Å². The van der Waals surface area contributed by atoms with Gasteiger partial charge in [-0.1, -0.05) is 31.2 Å². The lowest BCUT2D eigenvalue weighted by Gasteiger charge is -2.17. The average Bonchev–Trinajstić information content (AvgIpc) is 2.34. The molecule has 0 aliphatic heterocycles. The molecule has 0 saturated carbocycles. The number of hydrogen-bond acceptors (Lipinski definition) is 2. The lowest BCUT2D eigenvalue weighted by Crippen LogP contribution is -2.29. The first-order valence-electron chi connectivity index (χ1n) is 6.58. The van der Waals surface area contributed by atoms with Crippen LogP contribution in [0.15, 0.2) is 24.3 Å². The summed E-state index contributed by atoms with van der Waals surface area (Å²) < 4.78 is 0. The Bertz CT molecular complexity index is 320. The van der Waals surface area contributed by atoms with Crippen molar-refractivity contribution in [3.05, 3.63) is 35.4 Å². The lowest BCUT2D eigenvalue weighted by atomic mass is 10.0. The summed E-state index contributed by atoms with van der Waals surface area (Å²) in [5, 5.41) is 3.60. The van der Waals surface area contributed by atoms with Crippen molar-refractivity contribution in [3.63, 3.8) is 0 Å². The fourth-order valence-corrected chi connectivity index (χ4v) is 1.91. The highest BCUT2D eigenvalue weighted by atomic mass is 15.1. The molecular weight excluding hydrogens is 208 g/mol. The van der Waals surface area contributed by atoms with Crippen LogP contribution in [0.1, 0.15) is 31.4 Å². The number of hydrogen-bond donors (Lipinski definition) is 1. The van der Waals surface area contributed by atoms with Crippen LogP contribution in [0.4, 0.5) is 0 Å². The Morgan fingerprint density at radius 2 is 1.82 bits per heavy atom. The quantitative estimate of drug-likeness (QED) is 0.780. The Balaban J connectivity index is 2.39. The van der Waals surface area contributed by atoms with Crippen LogP contribution in [0.25, 0.3) is 0 Å². The van der Waals surface area contributed by atoms with E-state index in [0.717, 1.165) is 19.5 Å². The molecule has 1 atom stereocenters. The van der Waals surface area contributed by atoms with Crippen molar-refractivity contribution in [2.75, 3.05) is 20.6 Å². The summed E-state index contributed by atoms with van der Waals surface area (Å²) >= 11 is 0. The van der Waals surface area contributed by atoms with E-state index in [1.807, 2.05) is 0 Å². The van der Waals surface area contributed by atoms with E-state index in [4.69, 9.17) is 0 Å². The molecule has 0 heterocycles. The zero-order chi connectivity index (χ0) is 12.7. The van der Waals surface area contributed by atoms with Crippen LogP contribution < -0.4 is 5.32 Å². The van der Waals surface area contributed by atoms with Gasteiger partial charge in [0.05, 0.1) is 0 Å². The van der Waals surface area contributed by atoms with Gasteiger partial charge in [0.1, 0.15) is 0 Å². The summed E-state index contributed by atoms with van der Waals surface area (Å²) in [5.41, 5.74) is 2.89. The highest BCUT2D eigenvalue weighted by Gasteiger charge is 2.04. The van der Waals surface area contributed by atoms with Gasteiger partial charge in [-0.3, -0.25) is 0 Å². The Hall–Kier alpha value is -0.860. The molecule has 0 amide bonds. The maximum atomic E-state index is 3.60. The van der Waals surface area contributed by atoms with Gasteiger partial charge in [-0.15, -0.1) is 0 Å². The largest absolute Gasteiger partial charge is 0.310 e. The van der Waals surface area contributed by atoms with Crippen molar-refractivity contribution in [2.24, 2.45) is 0 Å². The molecule has 1 aromatic rings. The van der Waals surface area contributed by atoms with E-state index in [0.29, 0.717) is 6.04 Å². The van der Waals surface area contributed by atoms with Gasteiger partial charge in [0.2, 0.25) is 0 Å². The summed E-state index contributed by atoms with van der Waals surface area (Å²) in [6.45, 7) is 6.61. The van der Waals surface area contributed by atoms with Crippen molar-refractivity contribution in [3.8, 4) is 0 Å². The van der Waals surface area contributed by atoms with E-state index in [1.54, 1.807) is 0 Å². The van der Waals surface area contributed by atoms with E-state index >= 15 is 0 Å². The third kappa shape index (κ3) is 5.33. The van der Waals surface area contributed by atoms with Crippen molar-refractivity contribution >= 4 is 0 Å². The molecule has 0 saturated heterocycles. The Morgan fingerprint density at radius 1 is 1.18 bits per heavy atom. The molecule has 0 aliphatic rings. The average molecular weight is 234 g/mol. The minimum Gasteiger partial charge on any atom is -0.310 e. The normalized spacial score (nSPS) is 13.0. The van der Waals surface area contributed by atoms with E-state index in [9.17, 15) is 0 Å². The van der Waals surface area contributed by atoms with Crippen LogP contribution in [-0.2, 0) is 13.0 Å². The molecule has 1 rings (SSSR count). The number of aryl methyl sites for hydroxylation is 1. The zero-order valence-electron chi connectivity index (χ0n) is 11.7. The fraction of sp³-hybridized carbons (Fsp3) is 0.600. The maximum Gasteiger partial charge on any atom is 0.0210 e. The second kappa shape index (κ2) is 7.46. The van der Waals surface area contributed by atoms with Gasteiger partial charge in [0.25, 0.3) is 0 Å². The smallest absolute Gasteiger partial charge is 0.0210 e. The number of nitrogens with one attached hydrogen (secondary N) is 1. The molecule has 17 heavy (non-hydrogen) atoms. The maximum absolute atomic E-state index is 3.60. The molecule has 0 spiro atoms. The van der Waals surface area contributed by atoms with Crippen molar-refractivity contribution in [2.45, 2.75) is 39.3 Å². The second-order valence-electron chi connectivity index (χ2n) is 5.00. The van der Waals surface area contributed by atoms with E-state index in [2.05, 4.69) is 62.4 Å². The minimum atomic E-state index is 0.572. The Morgan fingerprint density at radius 3 is 2.41 bits per heavy atom. The third-order valence-corrected chi connectivity index (χ3v) is 3.15. The molecule has 0 fully saturated rings. The van der Waals surface area contributed by atoms with Gasteiger partial charge in [-0.2, -0.15) is 0 Å². The van der Waals surface area contributed by atoms with Crippen LogP contribution in [0, 0.1) is 0 Å². The highest BCUT2D eigenvalue weighted by Crippen LogP contribution is 2.09. The summed E-state index contributed by atoms with van der Waals surface area (Å²) in [7, 11) is 4.25. The number of benzene rings is 1. The van der Waals surface area contributed by atoms with Crippen LogP contribution in [0.2, 0.25) is 0 Å². The Kier molecular flexibility index (Phi) is 6.23. The highest BCUT2D eigenvalue weighted by molar-refractivity contribution is 5.26. The van der Waals surface area contributed by atoms with Gasteiger partial charge < -0.3 is 10.2 Å². The van der Waals surface area contributed by atoms with E-state index < -0.39 is 0 Å². The monoisotopic (exact) mass is 234 g/mol. The first-order chi connectivity index (χ1) is 8.13. The minimum absolute atomic E-state index is 0.572. The Labute approximate surface area is 106 Å². The first-order valence-corrected chi connectivity index (χ1v) is 6.58. The SMILES string of the molecule is CCc1ccccc1CNC(C)CCN(C)C. The predicted octanol–water partition coefficient (Wildman–Crippen LogP) is 2.68. The van der Waals surface area contributed by atoms with E-state index in [-0.39, 0.29) is 0 Å². The summed E-state index contributed by atoms with van der Waals surface area (Å²) in [6, 6.07) is 9.27. The molecule has 2 nitrogen and oxygen atoms in total. The molecule has 0 aromatic heterocycles. The van der Waals surface area contributed by atoms with Crippen molar-refractivity contribution in [1.29, 1.82) is 0 Å². The summed E-state index contributed by atoms with van der Waals surface area (Å²) in [5.74, 6) is 0. The standard InChI is InChI=1S/C15H26N2/c1-5-14-8-6-7-9-15(14)12-16-13(2)10-11-17(3)4/h6-9,13,16H,5,10-12H2,1-4H3.